The van der Waals surface area contributed by atoms with E-state index in [1.165, 1.54) is 69.2 Å². The molecule has 0 bridgehead atoms. The Morgan fingerprint density at radius 2 is 0.905 bits per heavy atom. The first kappa shape index (κ1) is 61.4. The fourth-order valence-electron chi connectivity index (χ4n) is 7.24. The number of anilines is 1. The maximum absolute atomic E-state index is 14.0. The molecule has 23 nitrogen and oxygen atoms in total. The zero-order valence-electron chi connectivity index (χ0n) is 44.1. The average molecular weight is 1150 g/mol. The van der Waals surface area contributed by atoms with Crippen molar-refractivity contribution in [3.63, 3.8) is 0 Å². The highest BCUT2D eigenvalue weighted by molar-refractivity contribution is 14.1. The van der Waals surface area contributed by atoms with E-state index in [1.807, 2.05) is 24.3 Å². The molecule has 9 atom stereocenters. The molecule has 1 aliphatic rings. The van der Waals surface area contributed by atoms with Crippen LogP contribution in [0.15, 0.2) is 48.5 Å². The second-order valence-electron chi connectivity index (χ2n) is 19.9. The summed E-state index contributed by atoms with van der Waals surface area (Å²) in [5, 5.41) is 28.0. The Kier molecular flexibility index (Phi) is 21.9. The molecule has 74 heavy (non-hydrogen) atoms. The molecule has 11 amide bonds. The van der Waals surface area contributed by atoms with Gasteiger partial charge in [-0.15, -0.1) is 0 Å². The zero-order chi connectivity index (χ0) is 56.0. The zero-order valence-corrected chi connectivity index (χ0v) is 46.3. The van der Waals surface area contributed by atoms with Crippen molar-refractivity contribution in [2.75, 3.05) is 5.32 Å². The molecular weight excluding hydrogens is 1070 g/mol. The van der Waals surface area contributed by atoms with Gasteiger partial charge in [-0.3, -0.25) is 47.9 Å². The van der Waals surface area contributed by atoms with E-state index in [4.69, 9.17) is 4.74 Å². The number of ether oxygens (including phenoxy) is 1. The topological polar surface area (TPSA) is 329 Å². The number of carbonyl (C=O) groups is 11. The highest BCUT2D eigenvalue weighted by atomic mass is 127. The molecule has 9 unspecified atom stereocenters. The van der Waals surface area contributed by atoms with Crippen LogP contribution in [0.25, 0.3) is 0 Å². The maximum Gasteiger partial charge on any atom is 0.408 e. The maximum atomic E-state index is 14.0. The smallest absolute Gasteiger partial charge is 0.408 e. The average Bonchev–Trinajstić information content (AvgIpc) is 3.30. The highest BCUT2D eigenvalue weighted by Gasteiger charge is 2.46. The van der Waals surface area contributed by atoms with Gasteiger partial charge in [-0.05, 0) is 167 Å². The Bertz CT molecular complexity index is 2450. The number of amides is 11. The van der Waals surface area contributed by atoms with Crippen LogP contribution in [0.5, 0.6) is 0 Å². The summed E-state index contributed by atoms with van der Waals surface area (Å²) in [5.74, 6) is -7.15. The minimum atomic E-state index is -1.58. The fourth-order valence-corrected chi connectivity index (χ4v) is 7.60. The predicted molar refractivity (Wildman–Crippen MR) is 281 cm³/mol. The largest absolute Gasteiger partial charge is 0.444 e. The molecule has 2 aromatic rings. The summed E-state index contributed by atoms with van der Waals surface area (Å²) < 4.78 is 6.46. The van der Waals surface area contributed by atoms with Gasteiger partial charge < -0.3 is 63.2 Å². The SMILES string of the molecule is CC(NC(=O)C(C)NC(=O)C(C)(C)NC(=O)C(C)NC(=O)C(C)NC(=O)C(C)NC(=O)C(C)NC(=O)C(C)NC(=O)C(C)NC(=O)C1(NC(=O)OC(C)(C)C)CCCc2ccccc21)C(=O)Nc1ccc(I)cc1. The molecule has 1 aliphatic carbocycles. The minimum absolute atomic E-state index is 0.229. The monoisotopic (exact) mass is 1150 g/mol. The Balaban J connectivity index is 1.45. The van der Waals surface area contributed by atoms with Crippen molar-refractivity contribution in [3.8, 4) is 0 Å². The summed E-state index contributed by atoms with van der Waals surface area (Å²) in [6.45, 7) is 18.9. The number of benzene rings is 2. The highest BCUT2D eigenvalue weighted by Crippen LogP contribution is 2.36. The van der Waals surface area contributed by atoms with Crippen molar-refractivity contribution in [1.29, 1.82) is 0 Å². The number of aryl methyl sites for hydroxylation is 1. The molecule has 0 aliphatic heterocycles. The Labute approximate surface area is 445 Å². The number of halogens is 1. The third-order valence-electron chi connectivity index (χ3n) is 11.7. The molecule has 0 saturated carbocycles. The van der Waals surface area contributed by atoms with Crippen LogP contribution < -0.4 is 58.5 Å². The van der Waals surface area contributed by atoms with Gasteiger partial charge >= 0.3 is 6.09 Å². The van der Waals surface area contributed by atoms with Crippen molar-refractivity contribution in [3.05, 3.63) is 63.2 Å². The van der Waals surface area contributed by atoms with Crippen LogP contribution in [0.3, 0.4) is 0 Å². The second kappa shape index (κ2) is 26.4. The fraction of sp³-hybridized carbons (Fsp3) is 0.540. The van der Waals surface area contributed by atoms with Gasteiger partial charge in [-0.1, -0.05) is 24.3 Å². The molecule has 406 valence electrons. The summed E-state index contributed by atoms with van der Waals surface area (Å²) in [6.07, 6.45) is 0.647. The van der Waals surface area contributed by atoms with Crippen molar-refractivity contribution < 1.29 is 57.5 Å². The predicted octanol–water partition coefficient (Wildman–Crippen LogP) is 0.919. The van der Waals surface area contributed by atoms with Gasteiger partial charge in [0.1, 0.15) is 65.0 Å². The van der Waals surface area contributed by atoms with Crippen LogP contribution in [0.4, 0.5) is 10.5 Å². The van der Waals surface area contributed by atoms with E-state index in [0.29, 0.717) is 24.1 Å². The van der Waals surface area contributed by atoms with Crippen LogP contribution in [0.2, 0.25) is 0 Å². The molecule has 11 N–H and O–H groups in total. The van der Waals surface area contributed by atoms with E-state index < -0.39 is 130 Å². The molecular formula is C50H72IN11O12. The van der Waals surface area contributed by atoms with Gasteiger partial charge in [0.05, 0.1) is 0 Å². The first-order chi connectivity index (χ1) is 34.3. The number of nitrogens with one attached hydrogen (secondary N) is 11. The van der Waals surface area contributed by atoms with Crippen LogP contribution >= 0.6 is 22.6 Å². The lowest BCUT2D eigenvalue weighted by molar-refractivity contribution is -0.136. The second-order valence-corrected chi connectivity index (χ2v) is 21.2. The molecule has 2 aromatic carbocycles. The Hall–Kier alpha value is -6.86. The number of rotatable bonds is 21. The van der Waals surface area contributed by atoms with Crippen molar-refractivity contribution in [2.24, 2.45) is 0 Å². The number of carbonyl (C=O) groups excluding carboxylic acids is 11. The summed E-state index contributed by atoms with van der Waals surface area (Å²) >= 11 is 2.13. The first-order valence-electron chi connectivity index (χ1n) is 24.2. The summed E-state index contributed by atoms with van der Waals surface area (Å²) in [4.78, 5) is 144. The van der Waals surface area contributed by atoms with Gasteiger partial charge in [0, 0.05) is 9.26 Å². The van der Waals surface area contributed by atoms with Gasteiger partial charge in [0.25, 0.3) is 5.91 Å². The van der Waals surface area contributed by atoms with E-state index in [0.717, 1.165) is 9.13 Å². The summed E-state index contributed by atoms with van der Waals surface area (Å²) in [5.41, 5.74) is -2.02. The lowest BCUT2D eigenvalue weighted by Crippen LogP contribution is -2.62. The van der Waals surface area contributed by atoms with E-state index in [9.17, 15) is 52.7 Å². The van der Waals surface area contributed by atoms with E-state index >= 15 is 0 Å². The van der Waals surface area contributed by atoms with Crippen molar-refractivity contribution in [2.45, 2.75) is 174 Å². The molecule has 0 aromatic heterocycles. The quantitative estimate of drug-likeness (QED) is 0.0778. The van der Waals surface area contributed by atoms with E-state index in [2.05, 4.69) is 81.1 Å². The molecule has 0 radical (unpaired) electrons. The Morgan fingerprint density at radius 1 is 0.514 bits per heavy atom. The lowest BCUT2D eigenvalue weighted by atomic mass is 9.75. The lowest BCUT2D eigenvalue weighted by Gasteiger charge is -2.39. The van der Waals surface area contributed by atoms with Gasteiger partial charge in [0.2, 0.25) is 53.2 Å². The van der Waals surface area contributed by atoms with Gasteiger partial charge in [0.15, 0.2) is 0 Å². The number of alkyl carbamates (subject to hydrolysis) is 1. The van der Waals surface area contributed by atoms with E-state index in [-0.39, 0.29) is 6.42 Å². The van der Waals surface area contributed by atoms with Crippen LogP contribution in [-0.4, -0.2) is 125 Å². The Morgan fingerprint density at radius 3 is 1.35 bits per heavy atom. The number of hydrogen-bond donors (Lipinski definition) is 11. The number of fused-ring (bicyclic) bond motifs is 1. The number of hydrogen-bond acceptors (Lipinski definition) is 12. The molecule has 3 rings (SSSR count). The van der Waals surface area contributed by atoms with Crippen LogP contribution in [0, 0.1) is 3.57 Å². The minimum Gasteiger partial charge on any atom is -0.444 e. The third kappa shape index (κ3) is 18.0. The normalized spacial score (nSPS) is 17.4. The molecule has 24 heteroatoms. The van der Waals surface area contributed by atoms with Crippen LogP contribution in [-0.2, 0) is 64.6 Å². The van der Waals surface area contributed by atoms with Gasteiger partial charge in [-0.2, -0.15) is 0 Å². The molecule has 0 saturated heterocycles. The third-order valence-corrected chi connectivity index (χ3v) is 12.4. The first-order valence-corrected chi connectivity index (χ1v) is 25.3. The van der Waals surface area contributed by atoms with E-state index in [1.54, 1.807) is 45.0 Å². The van der Waals surface area contributed by atoms with Crippen molar-refractivity contribution >= 4 is 93.4 Å². The standard InChI is InChI=1S/C50H72IN11O12/c1-25(53-39(65)27(3)55-42(68)31(7)59-46(72)50(62-47(73)74-48(9,10)11)24-16-18-33-17-14-15-19-36(33)50)37(63)52-26(2)38(64)54-28(4)40(66)57-32(8)44(70)61-49(12,13)45(71)58-30(6)41(67)56-29(5)43(69)60-35-22-20-34(51)21-23-35/h14-15,17,19-23,25-32H,16,18,24H2,1-13H3,(H,52,63)(H,53,65)(H,54,64)(H,55,68)(H,56,67)(H,57,66)(H,58,71)(H,59,72)(H,60,69)(H,61,70)(H,62,73). The van der Waals surface area contributed by atoms with Gasteiger partial charge in [-0.25, -0.2) is 4.79 Å². The molecule has 0 heterocycles. The summed E-state index contributed by atoms with van der Waals surface area (Å²) in [7, 11) is 0. The van der Waals surface area contributed by atoms with Crippen molar-refractivity contribution in [1.82, 2.24) is 53.2 Å². The molecule has 0 spiro atoms. The molecule has 0 fully saturated rings. The summed E-state index contributed by atoms with van der Waals surface area (Å²) in [6, 6.07) is 4.93. The van der Waals surface area contributed by atoms with Crippen LogP contribution in [0.1, 0.15) is 114 Å².